The lowest BCUT2D eigenvalue weighted by molar-refractivity contribution is -0.172. The standard InChI is InChI=1S/C8H13F3O/c1-5(2)6(3)4-7(12)8(9,10)11/h5-6H,4H2,1-3H3/t6-/m0/s1. The van der Waals surface area contributed by atoms with Crippen LogP contribution in [0.4, 0.5) is 13.2 Å². The Kier molecular flexibility index (Phi) is 3.74. The van der Waals surface area contributed by atoms with Gasteiger partial charge >= 0.3 is 6.18 Å². The lowest BCUT2D eigenvalue weighted by Gasteiger charge is -2.14. The van der Waals surface area contributed by atoms with Gasteiger partial charge in [0.05, 0.1) is 0 Å². The van der Waals surface area contributed by atoms with Crippen molar-refractivity contribution in [2.75, 3.05) is 0 Å². The monoisotopic (exact) mass is 182 g/mol. The first-order chi connectivity index (χ1) is 5.25. The maximum absolute atomic E-state index is 11.7. The first kappa shape index (κ1) is 11.5. The SMILES string of the molecule is CC(C)[C@@H](C)CC(=O)C(F)(F)F. The number of hydrogen-bond donors (Lipinski definition) is 0. The van der Waals surface area contributed by atoms with Gasteiger partial charge in [-0.1, -0.05) is 20.8 Å². The molecule has 0 aromatic heterocycles. The molecular formula is C8H13F3O. The van der Waals surface area contributed by atoms with Crippen LogP contribution in [-0.2, 0) is 4.79 Å². The average Bonchev–Trinajstić information content (AvgIpc) is 1.85. The molecule has 0 bridgehead atoms. The molecular weight excluding hydrogens is 169 g/mol. The van der Waals surface area contributed by atoms with Crippen molar-refractivity contribution in [1.82, 2.24) is 0 Å². The van der Waals surface area contributed by atoms with Gasteiger partial charge < -0.3 is 0 Å². The molecule has 1 atom stereocenters. The van der Waals surface area contributed by atoms with E-state index in [0.29, 0.717) is 0 Å². The highest BCUT2D eigenvalue weighted by molar-refractivity contribution is 5.84. The van der Waals surface area contributed by atoms with E-state index in [1.54, 1.807) is 20.8 Å². The van der Waals surface area contributed by atoms with E-state index in [0.717, 1.165) is 0 Å². The van der Waals surface area contributed by atoms with Crippen LogP contribution in [0.5, 0.6) is 0 Å². The Morgan fingerprint density at radius 1 is 1.25 bits per heavy atom. The number of halogens is 3. The van der Waals surface area contributed by atoms with Gasteiger partial charge in [-0.25, -0.2) is 0 Å². The smallest absolute Gasteiger partial charge is 0.290 e. The second kappa shape index (κ2) is 3.92. The summed E-state index contributed by atoms with van der Waals surface area (Å²) in [7, 11) is 0. The van der Waals surface area contributed by atoms with Crippen LogP contribution in [0, 0.1) is 11.8 Å². The lowest BCUT2D eigenvalue weighted by Crippen LogP contribution is -2.25. The van der Waals surface area contributed by atoms with E-state index in [2.05, 4.69) is 0 Å². The van der Waals surface area contributed by atoms with E-state index in [4.69, 9.17) is 0 Å². The third-order valence-corrected chi connectivity index (χ3v) is 1.96. The van der Waals surface area contributed by atoms with Crippen LogP contribution in [-0.4, -0.2) is 12.0 Å². The largest absolute Gasteiger partial charge is 0.449 e. The van der Waals surface area contributed by atoms with Crippen LogP contribution in [0.1, 0.15) is 27.2 Å². The molecule has 0 amide bonds. The van der Waals surface area contributed by atoms with Gasteiger partial charge in [-0.05, 0) is 11.8 Å². The quantitative estimate of drug-likeness (QED) is 0.655. The summed E-state index contributed by atoms with van der Waals surface area (Å²) >= 11 is 0. The first-order valence-corrected chi connectivity index (χ1v) is 3.85. The van der Waals surface area contributed by atoms with E-state index in [-0.39, 0.29) is 11.8 Å². The molecule has 0 aliphatic carbocycles. The summed E-state index contributed by atoms with van der Waals surface area (Å²) in [5.74, 6) is -1.72. The van der Waals surface area contributed by atoms with Gasteiger partial charge in [-0.2, -0.15) is 13.2 Å². The van der Waals surface area contributed by atoms with Crippen molar-refractivity contribution in [3.05, 3.63) is 0 Å². The lowest BCUT2D eigenvalue weighted by atomic mass is 9.93. The highest BCUT2D eigenvalue weighted by atomic mass is 19.4. The fraction of sp³-hybridized carbons (Fsp3) is 0.875. The minimum absolute atomic E-state index is 0.108. The van der Waals surface area contributed by atoms with Crippen LogP contribution in [0.3, 0.4) is 0 Å². The molecule has 0 radical (unpaired) electrons. The number of carbonyl (C=O) groups excluding carboxylic acids is 1. The summed E-state index contributed by atoms with van der Waals surface area (Å²) in [5.41, 5.74) is 0. The normalized spacial score (nSPS) is 14.9. The molecule has 0 rings (SSSR count). The van der Waals surface area contributed by atoms with Gasteiger partial charge in [-0.3, -0.25) is 4.79 Å². The molecule has 72 valence electrons. The van der Waals surface area contributed by atoms with Crippen molar-refractivity contribution in [2.45, 2.75) is 33.4 Å². The summed E-state index contributed by atoms with van der Waals surface area (Å²) in [5, 5.41) is 0. The number of Topliss-reactive ketones (excluding diaryl/α,β-unsaturated/α-hetero) is 1. The summed E-state index contributed by atoms with van der Waals surface area (Å²) in [6.07, 6.45) is -5.07. The number of carbonyl (C=O) groups is 1. The third kappa shape index (κ3) is 3.74. The number of rotatable bonds is 3. The second-order valence-corrected chi connectivity index (χ2v) is 3.35. The Morgan fingerprint density at radius 3 is 1.92 bits per heavy atom. The van der Waals surface area contributed by atoms with Gasteiger partial charge in [-0.15, -0.1) is 0 Å². The Labute approximate surface area is 70.0 Å². The van der Waals surface area contributed by atoms with Crippen molar-refractivity contribution in [3.8, 4) is 0 Å². The van der Waals surface area contributed by atoms with Crippen LogP contribution in [0.2, 0.25) is 0 Å². The third-order valence-electron chi connectivity index (χ3n) is 1.96. The molecule has 0 saturated carbocycles. The van der Waals surface area contributed by atoms with E-state index in [1.807, 2.05) is 0 Å². The van der Waals surface area contributed by atoms with Crippen molar-refractivity contribution in [2.24, 2.45) is 11.8 Å². The molecule has 0 aliphatic heterocycles. The molecule has 0 N–H and O–H groups in total. The molecule has 0 heterocycles. The summed E-state index contributed by atoms with van der Waals surface area (Å²) < 4.78 is 35.2. The number of ketones is 1. The number of hydrogen-bond acceptors (Lipinski definition) is 1. The van der Waals surface area contributed by atoms with Crippen molar-refractivity contribution in [3.63, 3.8) is 0 Å². The predicted molar refractivity (Wildman–Crippen MR) is 39.7 cm³/mol. The van der Waals surface area contributed by atoms with Gasteiger partial charge in [0.25, 0.3) is 0 Å². The maximum Gasteiger partial charge on any atom is 0.449 e. The molecule has 0 spiro atoms. The van der Waals surface area contributed by atoms with Gasteiger partial charge in [0.2, 0.25) is 5.78 Å². The van der Waals surface area contributed by atoms with Gasteiger partial charge in [0.15, 0.2) is 0 Å². The van der Waals surface area contributed by atoms with E-state index in [1.165, 1.54) is 0 Å². The zero-order valence-corrected chi connectivity index (χ0v) is 7.40. The van der Waals surface area contributed by atoms with Gasteiger partial charge in [0.1, 0.15) is 0 Å². The minimum Gasteiger partial charge on any atom is -0.290 e. The van der Waals surface area contributed by atoms with Crippen LogP contribution < -0.4 is 0 Å². The highest BCUT2D eigenvalue weighted by Crippen LogP contribution is 2.23. The van der Waals surface area contributed by atoms with Crippen LogP contribution >= 0.6 is 0 Å². The Hall–Kier alpha value is -0.540. The van der Waals surface area contributed by atoms with Crippen molar-refractivity contribution in [1.29, 1.82) is 0 Å². The molecule has 0 unspecified atom stereocenters. The number of alkyl halides is 3. The Morgan fingerprint density at radius 2 is 1.67 bits per heavy atom. The van der Waals surface area contributed by atoms with E-state index in [9.17, 15) is 18.0 Å². The molecule has 0 fully saturated rings. The molecule has 0 saturated heterocycles. The zero-order valence-electron chi connectivity index (χ0n) is 7.40. The summed E-state index contributed by atoms with van der Waals surface area (Å²) in [6.45, 7) is 5.25. The van der Waals surface area contributed by atoms with Gasteiger partial charge in [0, 0.05) is 6.42 Å². The molecule has 4 heteroatoms. The van der Waals surface area contributed by atoms with Crippen LogP contribution in [0.25, 0.3) is 0 Å². The fourth-order valence-corrected chi connectivity index (χ4v) is 0.644. The Bertz CT molecular complexity index is 160. The van der Waals surface area contributed by atoms with Crippen LogP contribution in [0.15, 0.2) is 0 Å². The van der Waals surface area contributed by atoms with E-state index < -0.39 is 18.4 Å². The average molecular weight is 182 g/mol. The van der Waals surface area contributed by atoms with E-state index >= 15 is 0 Å². The van der Waals surface area contributed by atoms with Crippen molar-refractivity contribution < 1.29 is 18.0 Å². The Balaban J connectivity index is 4.02. The molecule has 0 aromatic carbocycles. The summed E-state index contributed by atoms with van der Waals surface area (Å²) in [6, 6.07) is 0. The highest BCUT2D eigenvalue weighted by Gasteiger charge is 2.38. The fourth-order valence-electron chi connectivity index (χ4n) is 0.644. The zero-order chi connectivity index (χ0) is 9.94. The van der Waals surface area contributed by atoms with Crippen molar-refractivity contribution >= 4 is 5.78 Å². The first-order valence-electron chi connectivity index (χ1n) is 3.85. The predicted octanol–water partition coefficient (Wildman–Crippen LogP) is 2.80. The topological polar surface area (TPSA) is 17.1 Å². The minimum atomic E-state index is -4.66. The maximum atomic E-state index is 11.7. The molecule has 12 heavy (non-hydrogen) atoms. The molecule has 1 nitrogen and oxygen atoms in total. The molecule has 0 aliphatic rings. The summed E-state index contributed by atoms with van der Waals surface area (Å²) in [4.78, 5) is 10.5. The second-order valence-electron chi connectivity index (χ2n) is 3.35. The molecule has 0 aromatic rings.